The highest BCUT2D eigenvalue weighted by Crippen LogP contribution is 2.33. The molecule has 7 nitrogen and oxygen atoms in total. The molecule has 3 rings (SSSR count). The van der Waals surface area contributed by atoms with Crippen molar-refractivity contribution in [1.29, 1.82) is 0 Å². The van der Waals surface area contributed by atoms with Crippen molar-refractivity contribution in [3.8, 4) is 5.88 Å². The van der Waals surface area contributed by atoms with Crippen molar-refractivity contribution < 1.29 is 14.1 Å². The summed E-state index contributed by atoms with van der Waals surface area (Å²) in [6.45, 7) is 7.01. The van der Waals surface area contributed by atoms with Gasteiger partial charge in [-0.05, 0) is 31.9 Å². The van der Waals surface area contributed by atoms with Crippen LogP contribution in [0.15, 0.2) is 22.9 Å². The molecule has 0 radical (unpaired) electrons. The first kappa shape index (κ1) is 16.4. The minimum Gasteiger partial charge on any atom is -0.477 e. The molecule has 0 aromatic carbocycles. The minimum atomic E-state index is -0.188. The van der Waals surface area contributed by atoms with E-state index in [4.69, 9.17) is 9.26 Å². The van der Waals surface area contributed by atoms with Crippen LogP contribution in [0.25, 0.3) is 0 Å². The van der Waals surface area contributed by atoms with Crippen LogP contribution in [0.4, 0.5) is 0 Å². The molecular formula is C17H22N4O3. The van der Waals surface area contributed by atoms with Crippen LogP contribution in [0.2, 0.25) is 0 Å². The van der Waals surface area contributed by atoms with Crippen LogP contribution in [-0.4, -0.2) is 39.1 Å². The molecule has 3 heterocycles. The van der Waals surface area contributed by atoms with Gasteiger partial charge >= 0.3 is 0 Å². The number of nitrogens with zero attached hydrogens (tertiary/aromatic N) is 4. The number of likely N-dealkylation sites (tertiary alicyclic amines) is 1. The molecule has 1 unspecified atom stereocenters. The van der Waals surface area contributed by atoms with Crippen molar-refractivity contribution in [2.75, 3.05) is 13.2 Å². The van der Waals surface area contributed by atoms with Gasteiger partial charge in [0, 0.05) is 18.7 Å². The number of ether oxygens (including phenoxy) is 1. The predicted octanol–water partition coefficient (Wildman–Crippen LogP) is 2.96. The molecule has 0 aliphatic carbocycles. The van der Waals surface area contributed by atoms with Crippen LogP contribution >= 0.6 is 0 Å². The van der Waals surface area contributed by atoms with Crippen molar-refractivity contribution in [3.05, 3.63) is 35.6 Å². The van der Waals surface area contributed by atoms with E-state index in [2.05, 4.69) is 15.1 Å². The molecule has 0 spiro atoms. The number of amides is 1. The average Bonchev–Trinajstić information content (AvgIpc) is 3.24. The van der Waals surface area contributed by atoms with E-state index < -0.39 is 0 Å². The van der Waals surface area contributed by atoms with Crippen molar-refractivity contribution in [1.82, 2.24) is 20.0 Å². The lowest BCUT2D eigenvalue weighted by molar-refractivity contribution is 0.0705. The minimum absolute atomic E-state index is 0.113. The van der Waals surface area contributed by atoms with Crippen LogP contribution in [0, 0.1) is 0 Å². The van der Waals surface area contributed by atoms with E-state index >= 15 is 0 Å². The third kappa shape index (κ3) is 3.11. The third-order valence-electron chi connectivity index (χ3n) is 4.06. The number of pyridine rings is 1. The van der Waals surface area contributed by atoms with Crippen molar-refractivity contribution in [3.63, 3.8) is 0 Å². The lowest BCUT2D eigenvalue weighted by atomic mass is 10.2. The molecule has 7 heteroatoms. The van der Waals surface area contributed by atoms with Crippen LogP contribution in [0.1, 0.15) is 67.6 Å². The van der Waals surface area contributed by atoms with Gasteiger partial charge in [0.15, 0.2) is 5.82 Å². The van der Waals surface area contributed by atoms with Crippen LogP contribution in [-0.2, 0) is 0 Å². The molecule has 2 aromatic rings. The zero-order valence-corrected chi connectivity index (χ0v) is 14.2. The Morgan fingerprint density at radius 2 is 2.33 bits per heavy atom. The van der Waals surface area contributed by atoms with Crippen molar-refractivity contribution >= 4 is 5.91 Å². The topological polar surface area (TPSA) is 81.4 Å². The van der Waals surface area contributed by atoms with Gasteiger partial charge in [-0.2, -0.15) is 4.98 Å². The summed E-state index contributed by atoms with van der Waals surface area (Å²) in [5.74, 6) is 1.62. The zero-order chi connectivity index (χ0) is 17.1. The largest absolute Gasteiger partial charge is 0.477 e. The Labute approximate surface area is 141 Å². The summed E-state index contributed by atoms with van der Waals surface area (Å²) in [5, 5.41) is 4.01. The van der Waals surface area contributed by atoms with Crippen LogP contribution < -0.4 is 4.74 Å². The fourth-order valence-electron chi connectivity index (χ4n) is 2.84. The summed E-state index contributed by atoms with van der Waals surface area (Å²) < 4.78 is 10.9. The van der Waals surface area contributed by atoms with Gasteiger partial charge in [0.25, 0.3) is 5.91 Å². The maximum Gasteiger partial charge on any atom is 0.260 e. The van der Waals surface area contributed by atoms with Crippen molar-refractivity contribution in [2.24, 2.45) is 0 Å². The van der Waals surface area contributed by atoms with Gasteiger partial charge in [0.2, 0.25) is 11.8 Å². The van der Waals surface area contributed by atoms with E-state index in [1.165, 1.54) is 0 Å². The molecule has 1 saturated heterocycles. The first-order valence-corrected chi connectivity index (χ1v) is 8.34. The van der Waals surface area contributed by atoms with Gasteiger partial charge in [0.1, 0.15) is 11.6 Å². The molecule has 1 aliphatic heterocycles. The van der Waals surface area contributed by atoms with E-state index in [1.54, 1.807) is 23.2 Å². The molecule has 1 aliphatic rings. The zero-order valence-electron chi connectivity index (χ0n) is 14.2. The highest BCUT2D eigenvalue weighted by molar-refractivity contribution is 5.96. The van der Waals surface area contributed by atoms with Gasteiger partial charge in [-0.25, -0.2) is 4.98 Å². The second-order valence-electron chi connectivity index (χ2n) is 6.09. The highest BCUT2D eigenvalue weighted by atomic mass is 16.5. The Morgan fingerprint density at radius 3 is 3.04 bits per heavy atom. The third-order valence-corrected chi connectivity index (χ3v) is 4.06. The Bertz CT molecular complexity index is 713. The number of rotatable bonds is 5. The number of carbonyl (C=O) groups is 1. The summed E-state index contributed by atoms with van der Waals surface area (Å²) >= 11 is 0. The van der Waals surface area contributed by atoms with Gasteiger partial charge in [-0.1, -0.05) is 19.0 Å². The Kier molecular flexibility index (Phi) is 4.78. The Balaban J connectivity index is 1.86. The second kappa shape index (κ2) is 6.98. The Hall–Kier alpha value is -2.44. The fourth-order valence-corrected chi connectivity index (χ4v) is 2.84. The van der Waals surface area contributed by atoms with Crippen molar-refractivity contribution in [2.45, 2.75) is 45.6 Å². The summed E-state index contributed by atoms with van der Waals surface area (Å²) in [7, 11) is 0. The summed E-state index contributed by atoms with van der Waals surface area (Å²) in [6, 6.07) is 3.29. The standard InChI is InChI=1S/C17H22N4O3/c1-4-23-15-12(7-5-9-18-15)17(22)21-10-6-8-13(21)16-19-14(11(2)3)20-24-16/h5,7,9,11,13H,4,6,8,10H2,1-3H3. The molecule has 1 fully saturated rings. The van der Waals surface area contributed by atoms with E-state index in [1.807, 2.05) is 20.8 Å². The van der Waals surface area contributed by atoms with E-state index in [0.29, 0.717) is 36.3 Å². The van der Waals surface area contributed by atoms with E-state index in [0.717, 1.165) is 12.8 Å². The lowest BCUT2D eigenvalue weighted by Gasteiger charge is -2.22. The molecule has 128 valence electrons. The lowest BCUT2D eigenvalue weighted by Crippen LogP contribution is -2.31. The first-order valence-electron chi connectivity index (χ1n) is 8.34. The molecule has 1 atom stereocenters. The number of aromatic nitrogens is 3. The Morgan fingerprint density at radius 1 is 1.50 bits per heavy atom. The molecule has 0 N–H and O–H groups in total. The number of carbonyl (C=O) groups excluding carboxylic acids is 1. The molecular weight excluding hydrogens is 308 g/mol. The fraction of sp³-hybridized carbons (Fsp3) is 0.529. The average molecular weight is 330 g/mol. The molecule has 2 aromatic heterocycles. The first-order chi connectivity index (χ1) is 11.6. The number of hydrogen-bond acceptors (Lipinski definition) is 6. The van der Waals surface area contributed by atoms with E-state index in [-0.39, 0.29) is 17.9 Å². The maximum atomic E-state index is 13.0. The van der Waals surface area contributed by atoms with Gasteiger partial charge in [-0.3, -0.25) is 4.79 Å². The summed E-state index contributed by atoms with van der Waals surface area (Å²) in [4.78, 5) is 23.4. The molecule has 24 heavy (non-hydrogen) atoms. The number of hydrogen-bond donors (Lipinski definition) is 0. The van der Waals surface area contributed by atoms with Gasteiger partial charge in [0.05, 0.1) is 6.61 Å². The maximum absolute atomic E-state index is 13.0. The summed E-state index contributed by atoms with van der Waals surface area (Å²) in [6.07, 6.45) is 3.34. The normalized spacial score (nSPS) is 17.5. The quantitative estimate of drug-likeness (QED) is 0.838. The molecule has 0 saturated carbocycles. The SMILES string of the molecule is CCOc1ncccc1C(=O)N1CCCC1c1nc(C(C)C)no1. The van der Waals surface area contributed by atoms with Gasteiger partial charge in [-0.15, -0.1) is 0 Å². The second-order valence-corrected chi connectivity index (χ2v) is 6.09. The van der Waals surface area contributed by atoms with Crippen LogP contribution in [0.3, 0.4) is 0 Å². The predicted molar refractivity (Wildman–Crippen MR) is 86.8 cm³/mol. The smallest absolute Gasteiger partial charge is 0.260 e. The molecule has 0 bridgehead atoms. The van der Waals surface area contributed by atoms with Crippen LogP contribution in [0.5, 0.6) is 5.88 Å². The summed E-state index contributed by atoms with van der Waals surface area (Å²) in [5.41, 5.74) is 0.467. The van der Waals surface area contributed by atoms with Gasteiger partial charge < -0.3 is 14.2 Å². The highest BCUT2D eigenvalue weighted by Gasteiger charge is 2.35. The molecule has 1 amide bonds. The van der Waals surface area contributed by atoms with E-state index in [9.17, 15) is 4.79 Å². The monoisotopic (exact) mass is 330 g/mol.